The highest BCUT2D eigenvalue weighted by atomic mass is 16.5. The maximum Gasteiger partial charge on any atom is 0.233 e. The number of fused-ring (bicyclic) bond motifs is 1. The molecule has 5 rings (SSSR count). The molecule has 3 heterocycles. The maximum absolute atomic E-state index is 14.1. The summed E-state index contributed by atoms with van der Waals surface area (Å²) in [6.07, 6.45) is 13.5. The van der Waals surface area contributed by atoms with Gasteiger partial charge < -0.3 is 18.8 Å². The molecule has 174 valence electrons. The quantitative estimate of drug-likeness (QED) is 0.596. The first-order valence-corrected chi connectivity index (χ1v) is 12.0. The zero-order valence-electron chi connectivity index (χ0n) is 19.3. The predicted molar refractivity (Wildman–Crippen MR) is 125 cm³/mol. The number of methoxy groups -OCH3 is 1. The molecule has 2 fully saturated rings. The fourth-order valence-corrected chi connectivity index (χ4v) is 5.45. The van der Waals surface area contributed by atoms with Crippen LogP contribution < -0.4 is 4.74 Å². The Morgan fingerprint density at radius 1 is 1.18 bits per heavy atom. The molecule has 1 saturated heterocycles. The Morgan fingerprint density at radius 2 is 2.00 bits per heavy atom. The second-order valence-corrected chi connectivity index (χ2v) is 9.34. The Kier molecular flexibility index (Phi) is 6.31. The summed E-state index contributed by atoms with van der Waals surface area (Å²) >= 11 is 0. The van der Waals surface area contributed by atoms with Crippen LogP contribution in [0.5, 0.6) is 5.75 Å². The summed E-state index contributed by atoms with van der Waals surface area (Å²) in [5.74, 6) is 1.28. The average molecular weight is 449 g/mol. The SMILES string of the molecule is COc1ccc(C2(C(=O)N3CCOC[C@H](Cc4cn5ccnc5cn4)C3)CCCCC2)cc1. The summed E-state index contributed by atoms with van der Waals surface area (Å²) in [6, 6.07) is 8.12. The van der Waals surface area contributed by atoms with Gasteiger partial charge in [-0.2, -0.15) is 0 Å². The molecule has 1 aromatic carbocycles. The molecule has 33 heavy (non-hydrogen) atoms. The molecule has 1 aliphatic heterocycles. The molecule has 2 aromatic heterocycles. The zero-order valence-corrected chi connectivity index (χ0v) is 19.3. The molecule has 0 spiro atoms. The van der Waals surface area contributed by atoms with Gasteiger partial charge in [0.15, 0.2) is 5.65 Å². The molecule has 0 N–H and O–H groups in total. The highest BCUT2D eigenvalue weighted by molar-refractivity contribution is 5.88. The first kappa shape index (κ1) is 21.9. The number of hydrogen-bond donors (Lipinski definition) is 0. The molecule has 0 unspecified atom stereocenters. The molecule has 1 amide bonds. The first-order chi connectivity index (χ1) is 16.2. The number of ether oxygens (including phenoxy) is 2. The van der Waals surface area contributed by atoms with Crippen LogP contribution in [0.4, 0.5) is 0 Å². The van der Waals surface area contributed by atoms with Gasteiger partial charge in [-0.15, -0.1) is 0 Å². The molecule has 2 aliphatic rings. The fourth-order valence-electron chi connectivity index (χ4n) is 5.45. The number of aromatic nitrogens is 3. The van der Waals surface area contributed by atoms with E-state index in [2.05, 4.69) is 27.0 Å². The van der Waals surface area contributed by atoms with Crippen molar-refractivity contribution in [1.82, 2.24) is 19.3 Å². The molecule has 7 nitrogen and oxygen atoms in total. The van der Waals surface area contributed by atoms with Gasteiger partial charge >= 0.3 is 0 Å². The third-order valence-electron chi connectivity index (χ3n) is 7.21. The lowest BCUT2D eigenvalue weighted by Gasteiger charge is -2.40. The van der Waals surface area contributed by atoms with Gasteiger partial charge in [0.1, 0.15) is 5.75 Å². The van der Waals surface area contributed by atoms with E-state index in [0.717, 1.165) is 54.8 Å². The summed E-state index contributed by atoms with van der Waals surface area (Å²) in [5, 5.41) is 0. The number of carbonyl (C=O) groups is 1. The van der Waals surface area contributed by atoms with Crippen molar-refractivity contribution in [3.05, 3.63) is 60.3 Å². The Hall–Kier alpha value is -2.93. The van der Waals surface area contributed by atoms with Crippen LogP contribution in [0.2, 0.25) is 0 Å². The molecule has 1 saturated carbocycles. The van der Waals surface area contributed by atoms with Gasteiger partial charge in [-0.3, -0.25) is 9.78 Å². The Balaban J connectivity index is 1.37. The van der Waals surface area contributed by atoms with Gasteiger partial charge in [-0.25, -0.2) is 4.98 Å². The molecular formula is C26H32N4O3. The second kappa shape index (κ2) is 9.51. The third kappa shape index (κ3) is 4.47. The molecule has 1 atom stereocenters. The minimum absolute atomic E-state index is 0.210. The Bertz CT molecular complexity index is 1090. The molecule has 1 aliphatic carbocycles. The number of rotatable bonds is 5. The molecule has 7 heteroatoms. The number of benzene rings is 1. The predicted octanol–water partition coefficient (Wildman–Crippen LogP) is 3.66. The van der Waals surface area contributed by atoms with Gasteiger partial charge in [0, 0.05) is 37.6 Å². The number of hydrogen-bond acceptors (Lipinski definition) is 5. The van der Waals surface area contributed by atoms with Crippen LogP contribution in [-0.2, 0) is 21.4 Å². The van der Waals surface area contributed by atoms with Crippen LogP contribution in [0.25, 0.3) is 5.65 Å². The largest absolute Gasteiger partial charge is 0.497 e. The van der Waals surface area contributed by atoms with Crippen molar-refractivity contribution >= 4 is 11.6 Å². The van der Waals surface area contributed by atoms with Crippen molar-refractivity contribution in [3.63, 3.8) is 0 Å². The van der Waals surface area contributed by atoms with Crippen molar-refractivity contribution in [3.8, 4) is 5.75 Å². The summed E-state index contributed by atoms with van der Waals surface area (Å²) in [7, 11) is 1.67. The minimum Gasteiger partial charge on any atom is -0.497 e. The van der Waals surface area contributed by atoms with Gasteiger partial charge in [0.2, 0.25) is 5.91 Å². The van der Waals surface area contributed by atoms with E-state index in [4.69, 9.17) is 9.47 Å². The Morgan fingerprint density at radius 3 is 2.79 bits per heavy atom. The third-order valence-corrected chi connectivity index (χ3v) is 7.21. The smallest absolute Gasteiger partial charge is 0.233 e. The number of nitrogens with zero attached hydrogens (tertiary/aromatic N) is 4. The van der Waals surface area contributed by atoms with Crippen molar-refractivity contribution < 1.29 is 14.3 Å². The van der Waals surface area contributed by atoms with E-state index in [1.165, 1.54) is 6.42 Å². The van der Waals surface area contributed by atoms with Crippen LogP contribution in [-0.4, -0.2) is 58.6 Å². The van der Waals surface area contributed by atoms with E-state index in [0.29, 0.717) is 26.3 Å². The van der Waals surface area contributed by atoms with E-state index in [1.54, 1.807) is 19.5 Å². The molecule has 0 bridgehead atoms. The standard InChI is InChI=1S/C26H32N4O3/c1-32-23-7-5-21(6-8-23)26(9-3-2-4-10-26)25(31)30-13-14-33-19-20(17-30)15-22-18-29-12-11-27-24(29)16-28-22/h5-8,11-12,16,18,20H,2-4,9-10,13-15,17,19H2,1H3/t20-/m1/s1. The van der Waals surface area contributed by atoms with Crippen molar-refractivity contribution in [2.45, 2.75) is 43.9 Å². The zero-order chi connectivity index (χ0) is 22.7. The highest BCUT2D eigenvalue weighted by Crippen LogP contribution is 2.42. The van der Waals surface area contributed by atoms with Crippen LogP contribution in [0, 0.1) is 5.92 Å². The summed E-state index contributed by atoms with van der Waals surface area (Å²) in [4.78, 5) is 25.0. The van der Waals surface area contributed by atoms with Crippen LogP contribution >= 0.6 is 0 Å². The number of imidazole rings is 1. The first-order valence-electron chi connectivity index (χ1n) is 12.0. The lowest BCUT2D eigenvalue weighted by molar-refractivity contribution is -0.139. The monoisotopic (exact) mass is 448 g/mol. The minimum atomic E-state index is -0.451. The molecular weight excluding hydrogens is 416 g/mol. The molecule has 0 radical (unpaired) electrons. The lowest BCUT2D eigenvalue weighted by Crippen LogP contribution is -2.50. The van der Waals surface area contributed by atoms with E-state index < -0.39 is 5.41 Å². The second-order valence-electron chi connectivity index (χ2n) is 9.34. The number of carbonyl (C=O) groups excluding carboxylic acids is 1. The van der Waals surface area contributed by atoms with E-state index >= 15 is 0 Å². The van der Waals surface area contributed by atoms with E-state index in [1.807, 2.05) is 28.9 Å². The van der Waals surface area contributed by atoms with Crippen LogP contribution in [0.1, 0.15) is 43.4 Å². The van der Waals surface area contributed by atoms with E-state index in [-0.39, 0.29) is 11.8 Å². The van der Waals surface area contributed by atoms with Gasteiger partial charge in [-0.1, -0.05) is 31.4 Å². The maximum atomic E-state index is 14.1. The fraction of sp³-hybridized carbons (Fsp3) is 0.500. The summed E-state index contributed by atoms with van der Waals surface area (Å²) in [5.41, 5.74) is 2.49. The highest BCUT2D eigenvalue weighted by Gasteiger charge is 2.44. The lowest BCUT2D eigenvalue weighted by atomic mass is 9.68. The average Bonchev–Trinajstić information content (AvgIpc) is 3.21. The van der Waals surface area contributed by atoms with Gasteiger partial charge in [0.05, 0.1) is 37.6 Å². The van der Waals surface area contributed by atoms with Crippen molar-refractivity contribution in [2.75, 3.05) is 33.4 Å². The summed E-state index contributed by atoms with van der Waals surface area (Å²) in [6.45, 7) is 2.56. The number of amides is 1. The normalized spacial score (nSPS) is 21.0. The summed E-state index contributed by atoms with van der Waals surface area (Å²) < 4.78 is 13.3. The van der Waals surface area contributed by atoms with Crippen LogP contribution in [0.15, 0.2) is 49.1 Å². The van der Waals surface area contributed by atoms with Gasteiger partial charge in [-0.05, 0) is 37.0 Å². The van der Waals surface area contributed by atoms with Crippen molar-refractivity contribution in [1.29, 1.82) is 0 Å². The topological polar surface area (TPSA) is 69.0 Å². The molecule has 3 aromatic rings. The van der Waals surface area contributed by atoms with Crippen molar-refractivity contribution in [2.24, 2.45) is 5.92 Å². The van der Waals surface area contributed by atoms with Crippen LogP contribution in [0.3, 0.4) is 0 Å². The Labute approximate surface area is 194 Å². The van der Waals surface area contributed by atoms with Gasteiger partial charge in [0.25, 0.3) is 0 Å². The van der Waals surface area contributed by atoms with E-state index in [9.17, 15) is 4.79 Å².